The zero-order valence-electron chi connectivity index (χ0n) is 13.7. The molecule has 2 aromatic heterocycles. The minimum Gasteiger partial charge on any atom is -0.335 e. The number of hydrogen-bond acceptors (Lipinski definition) is 3. The van der Waals surface area contributed by atoms with E-state index in [2.05, 4.69) is 27.9 Å². The number of likely N-dealkylation sites (tertiary alicyclic amines) is 1. The summed E-state index contributed by atoms with van der Waals surface area (Å²) in [5.41, 5.74) is 3.72. The Morgan fingerprint density at radius 3 is 2.50 bits per heavy atom. The minimum absolute atomic E-state index is 0.0642. The van der Waals surface area contributed by atoms with Crippen molar-refractivity contribution in [3.63, 3.8) is 0 Å². The molecule has 0 spiro atoms. The molecule has 1 atom stereocenters. The molecule has 6 nitrogen and oxygen atoms in total. The summed E-state index contributed by atoms with van der Waals surface area (Å²) in [7, 11) is 1.82. The molecule has 3 heterocycles. The van der Waals surface area contributed by atoms with E-state index in [1.807, 2.05) is 31.9 Å². The molecule has 0 unspecified atom stereocenters. The van der Waals surface area contributed by atoms with Crippen molar-refractivity contribution in [2.45, 2.75) is 39.7 Å². The smallest absolute Gasteiger partial charge is 0.272 e. The van der Waals surface area contributed by atoms with Crippen molar-refractivity contribution in [2.75, 3.05) is 13.1 Å². The van der Waals surface area contributed by atoms with Gasteiger partial charge in [0.1, 0.15) is 5.69 Å². The third kappa shape index (κ3) is 2.65. The first kappa shape index (κ1) is 14.8. The van der Waals surface area contributed by atoms with E-state index in [0.29, 0.717) is 12.2 Å². The summed E-state index contributed by atoms with van der Waals surface area (Å²) in [6.07, 6.45) is 2.07. The van der Waals surface area contributed by atoms with Crippen LogP contribution in [0.15, 0.2) is 12.1 Å². The number of carbonyl (C=O) groups excluding carboxylic acids is 1. The van der Waals surface area contributed by atoms with Crippen LogP contribution in [0.1, 0.15) is 46.5 Å². The van der Waals surface area contributed by atoms with Crippen LogP contribution in [0.2, 0.25) is 0 Å². The Morgan fingerprint density at radius 2 is 1.91 bits per heavy atom. The molecule has 3 rings (SSSR count). The topological polar surface area (TPSA) is 56.0 Å². The molecular formula is C16H23N5O. The number of amides is 1. The second-order valence-electron chi connectivity index (χ2n) is 6.21. The molecule has 2 aromatic rings. The van der Waals surface area contributed by atoms with E-state index in [1.54, 1.807) is 4.68 Å². The number of piperidine rings is 1. The molecule has 0 aromatic carbocycles. The highest BCUT2D eigenvalue weighted by Gasteiger charge is 2.28. The van der Waals surface area contributed by atoms with Crippen LogP contribution in [0, 0.1) is 20.8 Å². The van der Waals surface area contributed by atoms with Crippen molar-refractivity contribution >= 4 is 5.91 Å². The van der Waals surface area contributed by atoms with Gasteiger partial charge in [0, 0.05) is 25.8 Å². The van der Waals surface area contributed by atoms with E-state index in [1.165, 1.54) is 0 Å². The Bertz CT molecular complexity index is 699. The number of carbonyl (C=O) groups is 1. The van der Waals surface area contributed by atoms with Crippen LogP contribution < -0.4 is 0 Å². The molecule has 0 saturated carbocycles. The quantitative estimate of drug-likeness (QED) is 0.852. The fourth-order valence-electron chi connectivity index (χ4n) is 3.33. The molecule has 1 fully saturated rings. The Labute approximate surface area is 130 Å². The van der Waals surface area contributed by atoms with Crippen LogP contribution in [0.4, 0.5) is 0 Å². The zero-order chi connectivity index (χ0) is 15.9. The summed E-state index contributed by atoms with van der Waals surface area (Å²) in [5.74, 6) is 0.0642. The Balaban J connectivity index is 1.80. The normalized spacial score (nSPS) is 18.7. The predicted molar refractivity (Wildman–Crippen MR) is 83.8 cm³/mol. The van der Waals surface area contributed by atoms with Crippen molar-refractivity contribution < 1.29 is 4.79 Å². The Morgan fingerprint density at radius 1 is 1.18 bits per heavy atom. The average Bonchev–Trinajstić information content (AvgIpc) is 2.99. The van der Waals surface area contributed by atoms with Gasteiger partial charge in [-0.25, -0.2) is 0 Å². The summed E-state index contributed by atoms with van der Waals surface area (Å²) in [6.45, 7) is 7.51. The van der Waals surface area contributed by atoms with Crippen LogP contribution in [0.25, 0.3) is 0 Å². The van der Waals surface area contributed by atoms with Crippen molar-refractivity contribution in [2.24, 2.45) is 7.05 Å². The monoisotopic (exact) mass is 301 g/mol. The second kappa shape index (κ2) is 5.59. The number of aromatic nitrogens is 4. The van der Waals surface area contributed by atoms with Crippen molar-refractivity contribution in [3.8, 4) is 0 Å². The summed E-state index contributed by atoms with van der Waals surface area (Å²) < 4.78 is 3.74. The maximum absolute atomic E-state index is 12.7. The number of rotatable bonds is 2. The van der Waals surface area contributed by atoms with Gasteiger partial charge in [-0.2, -0.15) is 10.2 Å². The maximum atomic E-state index is 12.7. The van der Waals surface area contributed by atoms with E-state index in [9.17, 15) is 4.79 Å². The van der Waals surface area contributed by atoms with Crippen LogP contribution in [0.3, 0.4) is 0 Å². The van der Waals surface area contributed by atoms with Crippen molar-refractivity contribution in [3.05, 3.63) is 34.9 Å². The van der Waals surface area contributed by atoms with Gasteiger partial charge in [0.2, 0.25) is 0 Å². The van der Waals surface area contributed by atoms with Gasteiger partial charge in [-0.15, -0.1) is 0 Å². The largest absolute Gasteiger partial charge is 0.335 e. The first-order valence-electron chi connectivity index (χ1n) is 7.78. The summed E-state index contributed by atoms with van der Waals surface area (Å²) in [4.78, 5) is 14.7. The summed E-state index contributed by atoms with van der Waals surface area (Å²) in [6, 6.07) is 4.21. The van der Waals surface area contributed by atoms with Gasteiger partial charge in [0.05, 0.1) is 17.4 Å². The molecule has 118 valence electrons. The highest BCUT2D eigenvalue weighted by atomic mass is 16.2. The van der Waals surface area contributed by atoms with Gasteiger partial charge in [-0.05, 0) is 45.7 Å². The first-order chi connectivity index (χ1) is 10.5. The van der Waals surface area contributed by atoms with Crippen molar-refractivity contribution in [1.82, 2.24) is 24.5 Å². The fraction of sp³-hybridized carbons (Fsp3) is 0.562. The molecule has 0 bridgehead atoms. The lowest BCUT2D eigenvalue weighted by molar-refractivity contribution is 0.0660. The molecule has 6 heteroatoms. The molecule has 1 amide bonds. The maximum Gasteiger partial charge on any atom is 0.272 e. The lowest BCUT2D eigenvalue weighted by atomic mass is 10.1. The molecule has 0 radical (unpaired) electrons. The molecule has 0 aliphatic carbocycles. The highest BCUT2D eigenvalue weighted by molar-refractivity contribution is 5.92. The third-order valence-electron chi connectivity index (χ3n) is 4.30. The summed E-state index contributed by atoms with van der Waals surface area (Å²) >= 11 is 0. The zero-order valence-corrected chi connectivity index (χ0v) is 13.7. The number of hydrogen-bond donors (Lipinski definition) is 0. The SMILES string of the molecule is Cc1cc(C(=O)N2CCC[C@H](n3nc(C)cc3C)C2)n(C)n1. The van der Waals surface area contributed by atoms with Gasteiger partial charge in [0.25, 0.3) is 5.91 Å². The van der Waals surface area contributed by atoms with Gasteiger partial charge in [0.15, 0.2) is 0 Å². The van der Waals surface area contributed by atoms with E-state index >= 15 is 0 Å². The van der Waals surface area contributed by atoms with Crippen molar-refractivity contribution in [1.29, 1.82) is 0 Å². The Kier molecular flexibility index (Phi) is 3.76. The first-order valence-corrected chi connectivity index (χ1v) is 7.78. The van der Waals surface area contributed by atoms with Crippen LogP contribution >= 0.6 is 0 Å². The highest BCUT2D eigenvalue weighted by Crippen LogP contribution is 2.24. The van der Waals surface area contributed by atoms with Gasteiger partial charge < -0.3 is 4.90 Å². The van der Waals surface area contributed by atoms with Crippen LogP contribution in [-0.4, -0.2) is 43.5 Å². The summed E-state index contributed by atoms with van der Waals surface area (Å²) in [5, 5.41) is 8.86. The minimum atomic E-state index is 0.0642. The lowest BCUT2D eigenvalue weighted by Crippen LogP contribution is -2.41. The van der Waals surface area contributed by atoms with E-state index in [4.69, 9.17) is 0 Å². The fourth-order valence-corrected chi connectivity index (χ4v) is 3.33. The molecule has 0 N–H and O–H groups in total. The van der Waals surface area contributed by atoms with E-state index < -0.39 is 0 Å². The molecule has 22 heavy (non-hydrogen) atoms. The predicted octanol–water partition coefficient (Wildman–Crippen LogP) is 2.02. The molecule has 1 aliphatic rings. The van der Waals surface area contributed by atoms with E-state index in [0.717, 1.165) is 36.5 Å². The Hall–Kier alpha value is -2.11. The molecular weight excluding hydrogens is 278 g/mol. The average molecular weight is 301 g/mol. The van der Waals surface area contributed by atoms with Gasteiger partial charge >= 0.3 is 0 Å². The molecule has 1 saturated heterocycles. The van der Waals surface area contributed by atoms with Gasteiger partial charge in [-0.3, -0.25) is 14.2 Å². The lowest BCUT2D eigenvalue weighted by Gasteiger charge is -2.33. The molecule has 1 aliphatic heterocycles. The van der Waals surface area contributed by atoms with Gasteiger partial charge in [-0.1, -0.05) is 0 Å². The second-order valence-corrected chi connectivity index (χ2v) is 6.21. The van der Waals surface area contributed by atoms with Crippen LogP contribution in [-0.2, 0) is 7.05 Å². The third-order valence-corrected chi connectivity index (χ3v) is 4.30. The number of aryl methyl sites for hydroxylation is 4. The standard InChI is InChI=1S/C16H23N5O/c1-11-8-13(3)21(18-11)14-6-5-7-20(10-14)16(22)15-9-12(2)17-19(15)4/h8-9,14H,5-7,10H2,1-4H3/t14-/m0/s1. The van der Waals surface area contributed by atoms with E-state index in [-0.39, 0.29) is 11.9 Å². The number of nitrogens with zero attached hydrogens (tertiary/aromatic N) is 5. The van der Waals surface area contributed by atoms with Crippen LogP contribution in [0.5, 0.6) is 0 Å².